The largest absolute Gasteiger partial charge is 0.375 e. The standard InChI is InChI=1S/C7H15N3S/c1-4-7(2,3)5-9-10-6(8)11/h5H,4H2,1-3H3,(H3,8,10,11). The van der Waals surface area contributed by atoms with Gasteiger partial charge in [0.05, 0.1) is 0 Å². The molecule has 0 aromatic rings. The highest BCUT2D eigenvalue weighted by Crippen LogP contribution is 2.15. The molecule has 0 heterocycles. The van der Waals surface area contributed by atoms with Crippen molar-refractivity contribution >= 4 is 23.5 Å². The molecule has 11 heavy (non-hydrogen) atoms. The number of hydrogen-bond acceptors (Lipinski definition) is 2. The molecule has 0 aliphatic heterocycles. The molecule has 0 saturated carbocycles. The fourth-order valence-corrected chi connectivity index (χ4v) is 0.415. The number of thiocarbonyl (C=S) groups is 1. The van der Waals surface area contributed by atoms with Crippen LogP contribution in [0.3, 0.4) is 0 Å². The van der Waals surface area contributed by atoms with Crippen LogP contribution >= 0.6 is 12.2 Å². The summed E-state index contributed by atoms with van der Waals surface area (Å²) in [5, 5.41) is 4.07. The summed E-state index contributed by atoms with van der Waals surface area (Å²) in [6, 6.07) is 0. The summed E-state index contributed by atoms with van der Waals surface area (Å²) in [5.74, 6) is 0. The summed E-state index contributed by atoms with van der Waals surface area (Å²) >= 11 is 4.57. The van der Waals surface area contributed by atoms with Gasteiger partial charge in [0, 0.05) is 11.6 Å². The van der Waals surface area contributed by atoms with Gasteiger partial charge in [-0.3, -0.25) is 5.43 Å². The number of hydrogen-bond donors (Lipinski definition) is 2. The van der Waals surface area contributed by atoms with Gasteiger partial charge in [-0.1, -0.05) is 20.8 Å². The summed E-state index contributed by atoms with van der Waals surface area (Å²) in [4.78, 5) is 0. The number of nitrogens with zero attached hydrogens (tertiary/aromatic N) is 1. The van der Waals surface area contributed by atoms with Crippen LogP contribution in [-0.4, -0.2) is 11.3 Å². The maximum absolute atomic E-state index is 5.17. The minimum atomic E-state index is 0.109. The van der Waals surface area contributed by atoms with E-state index in [4.69, 9.17) is 5.73 Å². The van der Waals surface area contributed by atoms with Crippen molar-refractivity contribution in [3.05, 3.63) is 0 Å². The molecule has 0 aliphatic carbocycles. The molecule has 0 fully saturated rings. The molecule has 3 N–H and O–H groups in total. The third-order valence-electron chi connectivity index (χ3n) is 1.50. The first-order valence-electron chi connectivity index (χ1n) is 3.57. The van der Waals surface area contributed by atoms with Crippen LogP contribution in [-0.2, 0) is 0 Å². The van der Waals surface area contributed by atoms with Gasteiger partial charge < -0.3 is 5.73 Å². The second kappa shape index (κ2) is 4.28. The maximum Gasteiger partial charge on any atom is 0.184 e. The van der Waals surface area contributed by atoms with E-state index in [0.717, 1.165) is 6.42 Å². The van der Waals surface area contributed by atoms with Crippen molar-refractivity contribution in [1.29, 1.82) is 0 Å². The smallest absolute Gasteiger partial charge is 0.184 e. The van der Waals surface area contributed by atoms with Crippen molar-refractivity contribution in [2.24, 2.45) is 16.3 Å². The second-order valence-electron chi connectivity index (χ2n) is 3.08. The molecule has 0 atom stereocenters. The Morgan fingerprint density at radius 3 is 2.64 bits per heavy atom. The van der Waals surface area contributed by atoms with Gasteiger partial charge in [-0.25, -0.2) is 0 Å². The van der Waals surface area contributed by atoms with Crippen LogP contribution in [0.2, 0.25) is 0 Å². The zero-order chi connectivity index (χ0) is 8.91. The minimum absolute atomic E-state index is 0.109. The Hall–Kier alpha value is -0.640. The quantitative estimate of drug-likeness (QED) is 0.383. The third-order valence-corrected chi connectivity index (χ3v) is 1.59. The molecule has 0 rings (SSSR count). The van der Waals surface area contributed by atoms with Gasteiger partial charge in [-0.15, -0.1) is 0 Å². The maximum atomic E-state index is 5.17. The second-order valence-corrected chi connectivity index (χ2v) is 3.52. The van der Waals surface area contributed by atoms with Crippen LogP contribution in [0.25, 0.3) is 0 Å². The lowest BCUT2D eigenvalue weighted by Gasteiger charge is -2.14. The van der Waals surface area contributed by atoms with E-state index < -0.39 is 0 Å². The molecule has 64 valence electrons. The number of hydrazone groups is 1. The van der Waals surface area contributed by atoms with E-state index in [9.17, 15) is 0 Å². The Morgan fingerprint density at radius 2 is 2.27 bits per heavy atom. The summed E-state index contributed by atoms with van der Waals surface area (Å²) in [5.41, 5.74) is 7.79. The third kappa shape index (κ3) is 5.79. The predicted molar refractivity (Wildman–Crippen MR) is 52.5 cm³/mol. The molecular formula is C7H15N3S. The lowest BCUT2D eigenvalue weighted by Crippen LogP contribution is -2.25. The fourth-order valence-electron chi connectivity index (χ4n) is 0.362. The first-order chi connectivity index (χ1) is 4.98. The molecule has 0 spiro atoms. The Kier molecular flexibility index (Phi) is 4.03. The Labute approximate surface area is 73.0 Å². The molecular weight excluding hydrogens is 158 g/mol. The average molecular weight is 173 g/mol. The molecule has 0 aromatic heterocycles. The van der Waals surface area contributed by atoms with Crippen LogP contribution in [0.15, 0.2) is 5.10 Å². The molecule has 0 aromatic carbocycles. The van der Waals surface area contributed by atoms with E-state index in [1.807, 2.05) is 6.21 Å². The SMILES string of the molecule is CCC(C)(C)C=NNC(N)=S. The van der Waals surface area contributed by atoms with E-state index >= 15 is 0 Å². The van der Waals surface area contributed by atoms with E-state index in [0.29, 0.717) is 0 Å². The highest BCUT2D eigenvalue weighted by atomic mass is 32.1. The summed E-state index contributed by atoms with van der Waals surface area (Å²) in [7, 11) is 0. The number of nitrogens with one attached hydrogen (secondary N) is 1. The molecule has 0 saturated heterocycles. The van der Waals surface area contributed by atoms with E-state index in [2.05, 4.69) is 43.5 Å². The lowest BCUT2D eigenvalue weighted by atomic mass is 9.92. The van der Waals surface area contributed by atoms with Gasteiger partial charge in [-0.05, 0) is 18.6 Å². The van der Waals surface area contributed by atoms with Gasteiger partial charge >= 0.3 is 0 Å². The van der Waals surface area contributed by atoms with Crippen LogP contribution in [0.4, 0.5) is 0 Å². The van der Waals surface area contributed by atoms with Crippen LogP contribution in [0.1, 0.15) is 27.2 Å². The normalized spacial score (nSPS) is 11.9. The van der Waals surface area contributed by atoms with E-state index in [1.165, 1.54) is 0 Å². The summed E-state index contributed by atoms with van der Waals surface area (Å²) in [6.07, 6.45) is 2.85. The molecule has 0 bridgehead atoms. The van der Waals surface area contributed by atoms with Crippen LogP contribution < -0.4 is 11.2 Å². The molecule has 3 nitrogen and oxygen atoms in total. The number of nitrogens with two attached hydrogens (primary N) is 1. The van der Waals surface area contributed by atoms with Crippen molar-refractivity contribution in [1.82, 2.24) is 5.43 Å². The highest BCUT2D eigenvalue weighted by molar-refractivity contribution is 7.80. The van der Waals surface area contributed by atoms with Gasteiger partial charge in [0.1, 0.15) is 0 Å². The Bertz CT molecular complexity index is 163. The van der Waals surface area contributed by atoms with E-state index in [1.54, 1.807) is 0 Å². The van der Waals surface area contributed by atoms with E-state index in [-0.39, 0.29) is 10.5 Å². The molecule has 4 heteroatoms. The highest BCUT2D eigenvalue weighted by Gasteiger charge is 2.10. The van der Waals surface area contributed by atoms with Crippen molar-refractivity contribution in [2.75, 3.05) is 0 Å². The van der Waals surface area contributed by atoms with Crippen molar-refractivity contribution in [3.63, 3.8) is 0 Å². The molecule has 0 unspecified atom stereocenters. The van der Waals surface area contributed by atoms with Crippen LogP contribution in [0.5, 0.6) is 0 Å². The van der Waals surface area contributed by atoms with Crippen molar-refractivity contribution in [2.45, 2.75) is 27.2 Å². The van der Waals surface area contributed by atoms with Gasteiger partial charge in [0.25, 0.3) is 0 Å². The number of rotatable bonds is 3. The van der Waals surface area contributed by atoms with Crippen molar-refractivity contribution < 1.29 is 0 Å². The van der Waals surface area contributed by atoms with Crippen molar-refractivity contribution in [3.8, 4) is 0 Å². The molecule has 0 aliphatic rings. The zero-order valence-corrected chi connectivity index (χ0v) is 8.03. The first kappa shape index (κ1) is 10.4. The monoisotopic (exact) mass is 173 g/mol. The Morgan fingerprint density at radius 1 is 1.73 bits per heavy atom. The summed E-state index contributed by atoms with van der Waals surface area (Å²) < 4.78 is 0. The molecule has 0 amide bonds. The van der Waals surface area contributed by atoms with Gasteiger partial charge in [-0.2, -0.15) is 5.10 Å². The average Bonchev–Trinajstić information content (AvgIpc) is 1.87. The summed E-state index contributed by atoms with van der Waals surface area (Å²) in [6.45, 7) is 6.29. The lowest BCUT2D eigenvalue weighted by molar-refractivity contribution is 0.513. The van der Waals surface area contributed by atoms with Gasteiger partial charge in [0.2, 0.25) is 0 Å². The zero-order valence-electron chi connectivity index (χ0n) is 7.22. The fraction of sp³-hybridized carbons (Fsp3) is 0.714. The van der Waals surface area contributed by atoms with Gasteiger partial charge in [0.15, 0.2) is 5.11 Å². The molecule has 0 radical (unpaired) electrons. The van der Waals surface area contributed by atoms with Crippen LogP contribution in [0, 0.1) is 5.41 Å². The topological polar surface area (TPSA) is 50.4 Å². The first-order valence-corrected chi connectivity index (χ1v) is 3.98. The predicted octanol–water partition coefficient (Wildman–Crippen LogP) is 1.24. The Balaban J connectivity index is 3.82. The minimum Gasteiger partial charge on any atom is -0.375 e.